The van der Waals surface area contributed by atoms with Crippen molar-refractivity contribution in [2.45, 2.75) is 18.6 Å². The summed E-state index contributed by atoms with van der Waals surface area (Å²) in [5.74, 6) is 0. The van der Waals surface area contributed by atoms with Gasteiger partial charge >= 0.3 is 0 Å². The van der Waals surface area contributed by atoms with Gasteiger partial charge in [0.1, 0.15) is 4.75 Å². The van der Waals surface area contributed by atoms with Gasteiger partial charge in [-0.2, -0.15) is 0 Å². The summed E-state index contributed by atoms with van der Waals surface area (Å²) >= 11 is 0. The molecule has 1 aromatic carbocycles. The van der Waals surface area contributed by atoms with Crippen molar-refractivity contribution in [3.63, 3.8) is 0 Å². The molecule has 4 heteroatoms. The van der Waals surface area contributed by atoms with Gasteiger partial charge in [0.15, 0.2) is 0 Å². The van der Waals surface area contributed by atoms with Crippen LogP contribution in [0.15, 0.2) is 24.3 Å². The molecule has 0 aliphatic rings. The van der Waals surface area contributed by atoms with Crippen molar-refractivity contribution in [1.82, 2.24) is 0 Å². The van der Waals surface area contributed by atoms with Crippen LogP contribution in [0.5, 0.6) is 0 Å². The molecule has 0 aliphatic carbocycles. The molecular formula is C9H12NO2S. The van der Waals surface area contributed by atoms with E-state index in [0.717, 1.165) is 0 Å². The molecular weight excluding hydrogens is 186 g/mol. The molecule has 71 valence electrons. The van der Waals surface area contributed by atoms with Crippen LogP contribution in [0.4, 0.5) is 0 Å². The molecule has 0 atom stereocenters. The minimum atomic E-state index is -3.57. The third-order valence-corrected chi connectivity index (χ3v) is 3.78. The Morgan fingerprint density at radius 3 is 2.15 bits per heavy atom. The van der Waals surface area contributed by atoms with Crippen molar-refractivity contribution in [1.29, 1.82) is 0 Å². The molecule has 0 amide bonds. The van der Waals surface area contributed by atoms with E-state index in [0.29, 0.717) is 5.56 Å². The van der Waals surface area contributed by atoms with Crippen LogP contribution in [0.3, 0.4) is 0 Å². The Bertz CT molecular complexity index is 381. The number of rotatable bonds is 2. The summed E-state index contributed by atoms with van der Waals surface area (Å²) in [7, 11) is -3.57. The van der Waals surface area contributed by atoms with Crippen LogP contribution in [0, 0.1) is 6.07 Å². The molecule has 3 nitrogen and oxygen atoms in total. The van der Waals surface area contributed by atoms with Gasteiger partial charge in [-0.1, -0.05) is 24.3 Å². The lowest BCUT2D eigenvalue weighted by Gasteiger charge is -2.21. The number of benzene rings is 1. The summed E-state index contributed by atoms with van der Waals surface area (Å²) in [5, 5.41) is 5.11. The third-order valence-electron chi connectivity index (χ3n) is 2.12. The van der Waals surface area contributed by atoms with Gasteiger partial charge in [-0.25, -0.2) is 13.6 Å². The van der Waals surface area contributed by atoms with E-state index < -0.39 is 14.8 Å². The molecule has 0 saturated carbocycles. The van der Waals surface area contributed by atoms with Crippen molar-refractivity contribution >= 4 is 10.0 Å². The first kappa shape index (κ1) is 10.2. The second-order valence-corrected chi connectivity index (χ2v) is 5.45. The van der Waals surface area contributed by atoms with Crippen LogP contribution < -0.4 is 5.14 Å². The first-order valence-corrected chi connectivity index (χ1v) is 5.39. The van der Waals surface area contributed by atoms with Gasteiger partial charge in [-0.05, 0) is 25.5 Å². The molecule has 1 rings (SSSR count). The van der Waals surface area contributed by atoms with Gasteiger partial charge in [0.05, 0.1) is 0 Å². The van der Waals surface area contributed by atoms with Crippen molar-refractivity contribution in [3.05, 3.63) is 35.9 Å². The Morgan fingerprint density at radius 2 is 1.77 bits per heavy atom. The summed E-state index contributed by atoms with van der Waals surface area (Å²) in [5.41, 5.74) is 0.675. The van der Waals surface area contributed by atoms with E-state index >= 15 is 0 Å². The molecule has 0 unspecified atom stereocenters. The van der Waals surface area contributed by atoms with Crippen molar-refractivity contribution in [2.24, 2.45) is 5.14 Å². The molecule has 13 heavy (non-hydrogen) atoms. The minimum absolute atomic E-state index is 0.675. The molecule has 0 aromatic heterocycles. The van der Waals surface area contributed by atoms with E-state index in [1.54, 1.807) is 38.1 Å². The number of primary sulfonamides is 1. The van der Waals surface area contributed by atoms with Crippen LogP contribution in [0.1, 0.15) is 19.4 Å². The second kappa shape index (κ2) is 3.12. The molecule has 0 saturated heterocycles. The monoisotopic (exact) mass is 198 g/mol. The zero-order valence-corrected chi connectivity index (χ0v) is 8.43. The molecule has 0 aliphatic heterocycles. The second-order valence-electron chi connectivity index (χ2n) is 3.34. The van der Waals surface area contributed by atoms with Gasteiger partial charge in [0, 0.05) is 0 Å². The molecule has 0 spiro atoms. The molecule has 2 N–H and O–H groups in total. The lowest BCUT2D eigenvalue weighted by molar-refractivity contribution is 0.556. The zero-order valence-electron chi connectivity index (χ0n) is 7.61. The standard InChI is InChI=1S/C9H12NO2S/c1-9(2,13(10,11)12)8-6-4-3-5-7-8/h4-7H,1-2H3,(H2,10,11,12). The predicted molar refractivity (Wildman–Crippen MR) is 51.4 cm³/mol. The van der Waals surface area contributed by atoms with Crippen LogP contribution in [0.25, 0.3) is 0 Å². The molecule has 1 radical (unpaired) electrons. The Labute approximate surface area is 78.6 Å². The lowest BCUT2D eigenvalue weighted by atomic mass is 10.0. The predicted octanol–water partition coefficient (Wildman–Crippen LogP) is 1.01. The van der Waals surface area contributed by atoms with Gasteiger partial charge < -0.3 is 0 Å². The molecule has 0 bridgehead atoms. The van der Waals surface area contributed by atoms with E-state index in [4.69, 9.17) is 5.14 Å². The highest BCUT2D eigenvalue weighted by atomic mass is 32.2. The number of nitrogens with two attached hydrogens (primary N) is 1. The van der Waals surface area contributed by atoms with Gasteiger partial charge in [-0.15, -0.1) is 0 Å². The van der Waals surface area contributed by atoms with Crippen molar-refractivity contribution in [2.75, 3.05) is 0 Å². The fourth-order valence-corrected chi connectivity index (χ4v) is 1.42. The highest BCUT2D eigenvalue weighted by molar-refractivity contribution is 7.90. The largest absolute Gasteiger partial charge is 0.228 e. The maximum atomic E-state index is 11.2. The molecule has 0 fully saturated rings. The number of hydrogen-bond donors (Lipinski definition) is 1. The van der Waals surface area contributed by atoms with E-state index in [2.05, 4.69) is 6.07 Å². The average Bonchev–Trinajstić information content (AvgIpc) is 2.04. The summed E-state index contributed by atoms with van der Waals surface area (Å²) < 4.78 is 21.4. The number of sulfonamides is 1. The minimum Gasteiger partial charge on any atom is -0.228 e. The van der Waals surface area contributed by atoms with E-state index in [-0.39, 0.29) is 0 Å². The average molecular weight is 198 g/mol. The van der Waals surface area contributed by atoms with Gasteiger partial charge in [0.25, 0.3) is 0 Å². The lowest BCUT2D eigenvalue weighted by Crippen LogP contribution is -2.35. The quantitative estimate of drug-likeness (QED) is 0.771. The van der Waals surface area contributed by atoms with E-state index in [9.17, 15) is 8.42 Å². The highest BCUT2D eigenvalue weighted by Crippen LogP contribution is 2.26. The van der Waals surface area contributed by atoms with Crippen LogP contribution >= 0.6 is 0 Å². The Hall–Kier alpha value is -0.870. The summed E-state index contributed by atoms with van der Waals surface area (Å²) in [4.78, 5) is 0. The third kappa shape index (κ3) is 1.89. The first-order chi connectivity index (χ1) is 5.86. The Morgan fingerprint density at radius 1 is 1.31 bits per heavy atom. The van der Waals surface area contributed by atoms with Gasteiger partial charge in [0.2, 0.25) is 10.0 Å². The van der Waals surface area contributed by atoms with Crippen LogP contribution in [-0.2, 0) is 14.8 Å². The highest BCUT2D eigenvalue weighted by Gasteiger charge is 2.32. The van der Waals surface area contributed by atoms with E-state index in [1.165, 1.54) is 0 Å². The normalized spacial score (nSPS) is 12.8. The van der Waals surface area contributed by atoms with Gasteiger partial charge in [-0.3, -0.25) is 0 Å². The maximum absolute atomic E-state index is 11.2. The molecule has 0 heterocycles. The topological polar surface area (TPSA) is 60.2 Å². The van der Waals surface area contributed by atoms with Crippen LogP contribution in [0.2, 0.25) is 0 Å². The summed E-state index contributed by atoms with van der Waals surface area (Å²) in [6.07, 6.45) is 0. The first-order valence-electron chi connectivity index (χ1n) is 3.84. The Balaban J connectivity index is 3.24. The molecule has 1 aromatic rings. The summed E-state index contributed by atoms with van der Waals surface area (Å²) in [6.45, 7) is 3.16. The SMILES string of the molecule is CC(C)(c1cc[c]cc1)S(N)(=O)=O. The maximum Gasteiger partial charge on any atom is 0.218 e. The Kier molecular flexibility index (Phi) is 2.45. The van der Waals surface area contributed by atoms with Crippen molar-refractivity contribution < 1.29 is 8.42 Å². The zero-order chi connectivity index (χ0) is 10.1. The fourth-order valence-electron chi connectivity index (χ4n) is 0.953. The summed E-state index contributed by atoms with van der Waals surface area (Å²) in [6, 6.07) is 9.56. The van der Waals surface area contributed by atoms with E-state index in [1.807, 2.05) is 0 Å². The fraction of sp³-hybridized carbons (Fsp3) is 0.333. The number of hydrogen-bond acceptors (Lipinski definition) is 2. The smallest absolute Gasteiger partial charge is 0.218 e. The van der Waals surface area contributed by atoms with Crippen LogP contribution in [-0.4, -0.2) is 8.42 Å². The van der Waals surface area contributed by atoms with Crippen molar-refractivity contribution in [3.8, 4) is 0 Å².